The summed E-state index contributed by atoms with van der Waals surface area (Å²) < 4.78 is 16.0. The molecule has 0 spiro atoms. The lowest BCUT2D eigenvalue weighted by Gasteiger charge is -2.23. The Kier molecular flexibility index (Phi) is 7.12. The van der Waals surface area contributed by atoms with Crippen LogP contribution in [0.2, 0.25) is 0 Å². The number of allylic oxidation sites excluding steroid dienone is 2. The van der Waals surface area contributed by atoms with E-state index in [0.717, 1.165) is 42.6 Å². The number of carbonyl (C=O) groups excluding carboxylic acids is 1. The fraction of sp³-hybridized carbons (Fsp3) is 0.400. The monoisotopic (exact) mass is 463 g/mol. The highest BCUT2D eigenvalue weighted by Crippen LogP contribution is 2.39. The van der Waals surface area contributed by atoms with Crippen LogP contribution in [0.4, 0.5) is 10.2 Å². The molecule has 2 fully saturated rings. The maximum Gasteiger partial charge on any atom is 0.269 e. The van der Waals surface area contributed by atoms with Crippen LogP contribution in [0.1, 0.15) is 57.6 Å². The summed E-state index contributed by atoms with van der Waals surface area (Å²) in [4.78, 5) is 30.5. The Hall–Kier alpha value is -3.46. The van der Waals surface area contributed by atoms with Gasteiger partial charge in [-0.15, -0.1) is 0 Å². The van der Waals surface area contributed by atoms with Gasteiger partial charge in [0.25, 0.3) is 5.91 Å². The first-order valence-electron chi connectivity index (χ1n) is 11.6. The van der Waals surface area contributed by atoms with Gasteiger partial charge in [-0.1, -0.05) is 19.6 Å². The number of rotatable bonds is 11. The number of hydrogen-bond acceptors (Lipinski definition) is 7. The highest BCUT2D eigenvalue weighted by Gasteiger charge is 2.41. The van der Waals surface area contributed by atoms with Crippen LogP contribution in [-0.4, -0.2) is 38.3 Å². The summed E-state index contributed by atoms with van der Waals surface area (Å²) in [6, 6.07) is 3.78. The maximum atomic E-state index is 16.0. The predicted molar refractivity (Wildman–Crippen MR) is 131 cm³/mol. The number of halogens is 1. The van der Waals surface area contributed by atoms with E-state index in [1.54, 1.807) is 50.6 Å². The van der Waals surface area contributed by atoms with Crippen LogP contribution < -0.4 is 16.2 Å². The largest absolute Gasteiger partial charge is 0.308 e. The van der Waals surface area contributed by atoms with Crippen molar-refractivity contribution in [3.8, 4) is 11.3 Å². The molecule has 0 bridgehead atoms. The fourth-order valence-electron chi connectivity index (χ4n) is 3.39. The highest BCUT2D eigenvalue weighted by atomic mass is 19.1. The zero-order valence-electron chi connectivity index (χ0n) is 19.5. The van der Waals surface area contributed by atoms with Crippen molar-refractivity contribution in [1.82, 2.24) is 25.8 Å². The molecule has 1 amide bonds. The number of carbonyl (C=O) groups is 1. The van der Waals surface area contributed by atoms with Crippen LogP contribution in [0.3, 0.4) is 0 Å². The van der Waals surface area contributed by atoms with E-state index in [0.29, 0.717) is 12.0 Å². The molecule has 0 saturated heterocycles. The van der Waals surface area contributed by atoms with Crippen molar-refractivity contribution in [2.75, 3.05) is 5.32 Å². The Morgan fingerprint density at radius 3 is 2.68 bits per heavy atom. The van der Waals surface area contributed by atoms with Crippen molar-refractivity contribution in [1.29, 1.82) is 0 Å². The van der Waals surface area contributed by atoms with Gasteiger partial charge in [0, 0.05) is 29.9 Å². The Labute approximate surface area is 198 Å². The zero-order valence-corrected chi connectivity index (χ0v) is 19.5. The molecule has 1 atom stereocenters. The third-order valence-corrected chi connectivity index (χ3v) is 5.78. The molecule has 2 aromatic rings. The number of nitrogens with zero attached hydrogens (tertiary/aromatic N) is 4. The first kappa shape index (κ1) is 23.7. The van der Waals surface area contributed by atoms with Crippen molar-refractivity contribution in [3.63, 3.8) is 0 Å². The van der Waals surface area contributed by atoms with E-state index in [1.165, 1.54) is 6.08 Å². The summed E-state index contributed by atoms with van der Waals surface area (Å²) in [5.74, 6) is 0.128. The molecule has 8 nitrogen and oxygen atoms in total. The van der Waals surface area contributed by atoms with Crippen LogP contribution in [0, 0.1) is 0 Å². The molecule has 34 heavy (non-hydrogen) atoms. The molecule has 0 aliphatic heterocycles. The topological polar surface area (TPSA) is 104 Å². The number of hydrazine groups is 1. The summed E-state index contributed by atoms with van der Waals surface area (Å²) in [5, 5.41) is 2.58. The van der Waals surface area contributed by atoms with Gasteiger partial charge < -0.3 is 10.7 Å². The van der Waals surface area contributed by atoms with E-state index in [4.69, 9.17) is 0 Å². The lowest BCUT2D eigenvalue weighted by atomic mass is 9.94. The number of nitrogens with one attached hydrogen (secondary N) is 3. The van der Waals surface area contributed by atoms with E-state index in [1.807, 2.05) is 0 Å². The first-order valence-corrected chi connectivity index (χ1v) is 11.6. The standard InChI is InChI=1S/C25H30FN7O/c1-4-6-22(29-16(3)32-33-19-10-11-19)25(26,5-2)24(34)31-23-12-9-18(13-28-23)21-15-27-14-20(30-21)17-7-8-17/h4,6,9,12-15,17,19,32-33H,3,5,7-8,10-11H2,1-2H3,(H,28,31,34)/b6-4-,29-22+. The molecule has 1 unspecified atom stereocenters. The quantitative estimate of drug-likeness (QED) is 0.341. The molecule has 2 saturated carbocycles. The van der Waals surface area contributed by atoms with E-state index < -0.39 is 11.6 Å². The molecular formula is C25H30FN7O. The van der Waals surface area contributed by atoms with Gasteiger partial charge in [-0.2, -0.15) is 0 Å². The second-order valence-corrected chi connectivity index (χ2v) is 8.63. The van der Waals surface area contributed by atoms with Gasteiger partial charge in [-0.05, 0) is 57.2 Å². The Morgan fingerprint density at radius 2 is 2.06 bits per heavy atom. The third kappa shape index (κ3) is 5.72. The van der Waals surface area contributed by atoms with Crippen molar-refractivity contribution in [2.24, 2.45) is 4.99 Å². The van der Waals surface area contributed by atoms with Crippen LogP contribution >= 0.6 is 0 Å². The number of aromatic nitrogens is 3. The van der Waals surface area contributed by atoms with Crippen LogP contribution in [-0.2, 0) is 4.79 Å². The van der Waals surface area contributed by atoms with Gasteiger partial charge in [0.05, 0.1) is 23.3 Å². The van der Waals surface area contributed by atoms with E-state index in [2.05, 4.69) is 42.7 Å². The average molecular weight is 464 g/mol. The van der Waals surface area contributed by atoms with Crippen LogP contribution in [0.15, 0.2) is 60.3 Å². The molecule has 0 aromatic carbocycles. The lowest BCUT2D eigenvalue weighted by Crippen LogP contribution is -2.45. The van der Waals surface area contributed by atoms with Gasteiger partial charge >= 0.3 is 0 Å². The van der Waals surface area contributed by atoms with Gasteiger partial charge in [0.1, 0.15) is 11.6 Å². The Balaban J connectivity index is 1.47. The second kappa shape index (κ2) is 10.2. The number of pyridine rings is 1. The number of anilines is 1. The summed E-state index contributed by atoms with van der Waals surface area (Å²) >= 11 is 0. The smallest absolute Gasteiger partial charge is 0.269 e. The molecule has 2 aliphatic rings. The molecule has 0 radical (unpaired) electrons. The van der Waals surface area contributed by atoms with Gasteiger partial charge in [0.2, 0.25) is 5.67 Å². The van der Waals surface area contributed by atoms with Crippen molar-refractivity contribution in [2.45, 2.75) is 63.6 Å². The molecular weight excluding hydrogens is 433 g/mol. The minimum absolute atomic E-state index is 0.0334. The first-order chi connectivity index (χ1) is 16.4. The molecule has 2 aliphatic carbocycles. The van der Waals surface area contributed by atoms with Crippen molar-refractivity contribution >= 4 is 17.4 Å². The summed E-state index contributed by atoms with van der Waals surface area (Å²) in [7, 11) is 0. The van der Waals surface area contributed by atoms with Crippen molar-refractivity contribution < 1.29 is 9.18 Å². The fourth-order valence-corrected chi connectivity index (χ4v) is 3.39. The SMILES string of the molecule is C=C(/N=C(\C=C/C)C(F)(CC)C(=O)Nc1ccc(-c2cncc(C3CC3)n2)cn1)NNC1CC1. The van der Waals surface area contributed by atoms with Crippen LogP contribution in [0.25, 0.3) is 11.3 Å². The average Bonchev–Trinajstić information content (AvgIpc) is 3.77. The number of hydrogen-bond donors (Lipinski definition) is 3. The zero-order chi connectivity index (χ0) is 24.1. The summed E-state index contributed by atoms with van der Waals surface area (Å²) in [6.07, 6.45) is 12.5. The Bertz CT molecular complexity index is 1110. The minimum atomic E-state index is -2.36. The number of alkyl halides is 1. The number of aliphatic imine (C=N–C) groups is 1. The van der Waals surface area contributed by atoms with Crippen molar-refractivity contribution in [3.05, 3.63) is 61.0 Å². The number of amides is 1. The lowest BCUT2D eigenvalue weighted by molar-refractivity contribution is -0.123. The molecule has 2 aromatic heterocycles. The van der Waals surface area contributed by atoms with E-state index in [9.17, 15) is 4.79 Å². The summed E-state index contributed by atoms with van der Waals surface area (Å²) in [6.45, 7) is 7.15. The second-order valence-electron chi connectivity index (χ2n) is 8.63. The predicted octanol–water partition coefficient (Wildman–Crippen LogP) is 4.22. The third-order valence-electron chi connectivity index (χ3n) is 5.78. The van der Waals surface area contributed by atoms with E-state index >= 15 is 4.39 Å². The molecule has 2 heterocycles. The van der Waals surface area contributed by atoms with Gasteiger partial charge in [-0.3, -0.25) is 9.78 Å². The molecule has 9 heteroatoms. The van der Waals surface area contributed by atoms with Gasteiger partial charge in [-0.25, -0.2) is 24.8 Å². The maximum absolute atomic E-state index is 16.0. The summed E-state index contributed by atoms with van der Waals surface area (Å²) in [5.41, 5.74) is 6.00. The molecule has 178 valence electrons. The van der Waals surface area contributed by atoms with E-state index in [-0.39, 0.29) is 23.8 Å². The van der Waals surface area contributed by atoms with Gasteiger partial charge in [0.15, 0.2) is 0 Å². The highest BCUT2D eigenvalue weighted by molar-refractivity contribution is 6.20. The normalized spacial score (nSPS) is 17.9. The minimum Gasteiger partial charge on any atom is -0.308 e. The molecule has 4 rings (SSSR count). The molecule has 3 N–H and O–H groups in total. The Morgan fingerprint density at radius 1 is 1.26 bits per heavy atom. The van der Waals surface area contributed by atoms with Crippen LogP contribution in [0.5, 0.6) is 0 Å².